The second kappa shape index (κ2) is 4.56. The minimum absolute atomic E-state index is 0.109. The van der Waals surface area contributed by atoms with Gasteiger partial charge < -0.3 is 5.73 Å². The number of imidazole rings is 1. The maximum atomic E-state index is 13.6. The Kier molecular flexibility index (Phi) is 2.84. The van der Waals surface area contributed by atoms with E-state index in [-0.39, 0.29) is 17.3 Å². The molecule has 0 amide bonds. The van der Waals surface area contributed by atoms with Gasteiger partial charge in [-0.15, -0.1) is 0 Å². The third-order valence-electron chi connectivity index (χ3n) is 3.28. The average Bonchev–Trinajstić information content (AvgIpc) is 2.75. The van der Waals surface area contributed by atoms with Gasteiger partial charge in [0.25, 0.3) is 0 Å². The molecule has 0 aliphatic rings. The van der Waals surface area contributed by atoms with Crippen molar-refractivity contribution < 1.29 is 8.78 Å². The van der Waals surface area contributed by atoms with Crippen LogP contribution >= 0.6 is 0 Å². The zero-order valence-electron chi connectivity index (χ0n) is 11.1. The van der Waals surface area contributed by atoms with Gasteiger partial charge >= 0.3 is 0 Å². The molecule has 3 aromatic rings. The van der Waals surface area contributed by atoms with E-state index in [0.717, 1.165) is 6.07 Å². The second-order valence-electron chi connectivity index (χ2n) is 4.67. The average molecular weight is 284 g/mol. The molecule has 0 fully saturated rings. The Morgan fingerprint density at radius 2 is 2.00 bits per heavy atom. The van der Waals surface area contributed by atoms with Crippen molar-refractivity contribution in [3.63, 3.8) is 0 Å². The van der Waals surface area contributed by atoms with Crippen molar-refractivity contribution in [3.05, 3.63) is 53.1 Å². The Labute approximate surface area is 119 Å². The summed E-state index contributed by atoms with van der Waals surface area (Å²) in [7, 11) is 0. The van der Waals surface area contributed by atoms with E-state index in [1.54, 1.807) is 13.0 Å². The number of nitriles is 1. The molecule has 0 unspecified atom stereocenters. The van der Waals surface area contributed by atoms with Gasteiger partial charge in [0.05, 0.1) is 22.3 Å². The van der Waals surface area contributed by atoms with Crippen molar-refractivity contribution in [3.8, 4) is 11.8 Å². The van der Waals surface area contributed by atoms with E-state index in [4.69, 9.17) is 11.0 Å². The molecule has 1 heterocycles. The number of fused-ring (bicyclic) bond motifs is 1. The van der Waals surface area contributed by atoms with Gasteiger partial charge in [-0.05, 0) is 36.8 Å². The Hall–Kier alpha value is -2.94. The largest absolute Gasteiger partial charge is 0.369 e. The third-order valence-corrected chi connectivity index (χ3v) is 3.28. The first-order valence-electron chi connectivity index (χ1n) is 6.15. The number of aryl methyl sites for hydroxylation is 1. The summed E-state index contributed by atoms with van der Waals surface area (Å²) in [6.45, 7) is 1.62. The quantitative estimate of drug-likeness (QED) is 0.746. The number of nitrogens with two attached hydrogens (primary N) is 1. The van der Waals surface area contributed by atoms with Crippen molar-refractivity contribution in [2.75, 3.05) is 5.73 Å². The fourth-order valence-electron chi connectivity index (χ4n) is 2.27. The van der Waals surface area contributed by atoms with Gasteiger partial charge in [-0.1, -0.05) is 0 Å². The zero-order chi connectivity index (χ0) is 15.1. The molecule has 104 valence electrons. The predicted octanol–water partition coefficient (Wildman–Crippen LogP) is 3.07. The molecule has 0 bridgehead atoms. The third kappa shape index (κ3) is 1.99. The molecule has 6 heteroatoms. The lowest BCUT2D eigenvalue weighted by atomic mass is 10.1. The number of benzene rings is 2. The lowest BCUT2D eigenvalue weighted by Crippen LogP contribution is -2.03. The van der Waals surface area contributed by atoms with Gasteiger partial charge in [0, 0.05) is 6.07 Å². The number of nitrogen functional groups attached to an aromatic ring is 1. The Bertz CT molecular complexity index is 906. The van der Waals surface area contributed by atoms with E-state index in [9.17, 15) is 8.78 Å². The summed E-state index contributed by atoms with van der Waals surface area (Å²) in [5.74, 6) is -0.787. The van der Waals surface area contributed by atoms with Crippen LogP contribution in [0.2, 0.25) is 0 Å². The number of halogens is 2. The van der Waals surface area contributed by atoms with Crippen LogP contribution in [0.1, 0.15) is 11.1 Å². The molecule has 0 radical (unpaired) electrons. The normalized spacial score (nSPS) is 10.8. The van der Waals surface area contributed by atoms with Crippen LogP contribution < -0.4 is 5.73 Å². The molecule has 0 aliphatic carbocycles. The Morgan fingerprint density at radius 3 is 2.71 bits per heavy atom. The monoisotopic (exact) mass is 284 g/mol. The van der Waals surface area contributed by atoms with Crippen LogP contribution in [0, 0.1) is 29.9 Å². The first kappa shape index (κ1) is 13.1. The predicted molar refractivity (Wildman–Crippen MR) is 74.9 cm³/mol. The molecule has 4 nitrogen and oxygen atoms in total. The Morgan fingerprint density at radius 1 is 1.24 bits per heavy atom. The lowest BCUT2D eigenvalue weighted by Gasteiger charge is -2.09. The number of hydrogen-bond acceptors (Lipinski definition) is 3. The highest BCUT2D eigenvalue weighted by atomic mass is 19.1. The van der Waals surface area contributed by atoms with Crippen LogP contribution in [0.25, 0.3) is 16.7 Å². The van der Waals surface area contributed by atoms with E-state index in [2.05, 4.69) is 4.98 Å². The molecule has 21 heavy (non-hydrogen) atoms. The molecule has 0 saturated carbocycles. The maximum absolute atomic E-state index is 13.6. The summed E-state index contributed by atoms with van der Waals surface area (Å²) in [5, 5.41) is 9.15. The number of nitrogens with zero attached hydrogens (tertiary/aromatic N) is 3. The van der Waals surface area contributed by atoms with Crippen LogP contribution in [0.15, 0.2) is 30.3 Å². The lowest BCUT2D eigenvalue weighted by molar-refractivity contribution is 0.620. The standard InChI is InChI=1S/C15H10F2N4/c1-8-4-14-12(6-11(8)17)20-15(19)21(14)13-3-2-10(16)5-9(13)7-18/h2-6H,1H3,(H2,19,20). The van der Waals surface area contributed by atoms with Crippen molar-refractivity contribution in [2.45, 2.75) is 6.92 Å². The SMILES string of the molecule is Cc1cc2c(cc1F)nc(N)n2-c1ccc(F)cc1C#N. The first-order chi connectivity index (χ1) is 10.0. The number of anilines is 1. The van der Waals surface area contributed by atoms with Gasteiger partial charge in [-0.2, -0.15) is 5.26 Å². The molecule has 2 N–H and O–H groups in total. The minimum Gasteiger partial charge on any atom is -0.369 e. The van der Waals surface area contributed by atoms with Crippen molar-refractivity contribution in [1.29, 1.82) is 5.26 Å². The molecule has 0 saturated heterocycles. The smallest absolute Gasteiger partial charge is 0.205 e. The molecular formula is C15H10F2N4. The maximum Gasteiger partial charge on any atom is 0.205 e. The van der Waals surface area contributed by atoms with Gasteiger partial charge in [-0.25, -0.2) is 13.8 Å². The highest BCUT2D eigenvalue weighted by molar-refractivity contribution is 5.82. The molecule has 0 atom stereocenters. The highest BCUT2D eigenvalue weighted by Gasteiger charge is 2.15. The highest BCUT2D eigenvalue weighted by Crippen LogP contribution is 2.27. The van der Waals surface area contributed by atoms with Crippen LogP contribution in [-0.4, -0.2) is 9.55 Å². The summed E-state index contributed by atoms with van der Waals surface area (Å²) >= 11 is 0. The summed E-state index contributed by atoms with van der Waals surface area (Å²) in [4.78, 5) is 4.09. The second-order valence-corrected chi connectivity index (χ2v) is 4.67. The van der Waals surface area contributed by atoms with Crippen LogP contribution in [0.3, 0.4) is 0 Å². The zero-order valence-corrected chi connectivity index (χ0v) is 11.1. The first-order valence-corrected chi connectivity index (χ1v) is 6.15. The fourth-order valence-corrected chi connectivity index (χ4v) is 2.27. The number of rotatable bonds is 1. The molecule has 1 aromatic heterocycles. The molecule has 0 aliphatic heterocycles. The van der Waals surface area contributed by atoms with Crippen LogP contribution in [-0.2, 0) is 0 Å². The van der Waals surface area contributed by atoms with Gasteiger partial charge in [0.15, 0.2) is 0 Å². The van der Waals surface area contributed by atoms with E-state index in [1.807, 2.05) is 6.07 Å². The van der Waals surface area contributed by atoms with Crippen molar-refractivity contribution >= 4 is 17.0 Å². The van der Waals surface area contributed by atoms with E-state index < -0.39 is 5.82 Å². The van der Waals surface area contributed by atoms with Gasteiger partial charge in [0.1, 0.15) is 17.7 Å². The van der Waals surface area contributed by atoms with E-state index in [1.165, 1.54) is 22.8 Å². The fraction of sp³-hybridized carbons (Fsp3) is 0.0667. The summed E-state index contributed by atoms with van der Waals surface area (Å²) in [6.07, 6.45) is 0. The Balaban J connectivity index is 2.38. The van der Waals surface area contributed by atoms with Crippen LogP contribution in [0.4, 0.5) is 14.7 Å². The summed E-state index contributed by atoms with van der Waals surface area (Å²) in [6, 6.07) is 8.61. The summed E-state index contributed by atoms with van der Waals surface area (Å²) < 4.78 is 28.4. The summed E-state index contributed by atoms with van der Waals surface area (Å²) in [5.41, 5.74) is 7.79. The molecule has 3 rings (SSSR count). The van der Waals surface area contributed by atoms with Crippen LogP contribution in [0.5, 0.6) is 0 Å². The number of hydrogen-bond donors (Lipinski definition) is 1. The van der Waals surface area contributed by atoms with E-state index in [0.29, 0.717) is 22.3 Å². The number of aromatic nitrogens is 2. The molecular weight excluding hydrogens is 274 g/mol. The van der Waals surface area contributed by atoms with Crippen molar-refractivity contribution in [2.24, 2.45) is 0 Å². The van der Waals surface area contributed by atoms with E-state index >= 15 is 0 Å². The van der Waals surface area contributed by atoms with Gasteiger partial charge in [0.2, 0.25) is 5.95 Å². The minimum atomic E-state index is -0.513. The topological polar surface area (TPSA) is 67.6 Å². The molecule has 2 aromatic carbocycles. The van der Waals surface area contributed by atoms with Gasteiger partial charge in [-0.3, -0.25) is 4.57 Å². The van der Waals surface area contributed by atoms with Crippen molar-refractivity contribution in [1.82, 2.24) is 9.55 Å². The molecule has 0 spiro atoms.